The van der Waals surface area contributed by atoms with Crippen LogP contribution < -0.4 is 10.5 Å². The highest BCUT2D eigenvalue weighted by atomic mass is 19.1. The van der Waals surface area contributed by atoms with E-state index in [2.05, 4.69) is 0 Å². The second-order valence-electron chi connectivity index (χ2n) is 3.09. The Bertz CT molecular complexity index is 330. The normalized spacial score (nSPS) is 16.4. The Morgan fingerprint density at radius 2 is 1.86 bits per heavy atom. The van der Waals surface area contributed by atoms with E-state index in [1.54, 1.807) is 0 Å². The minimum absolute atomic E-state index is 0.0391. The molecule has 0 atom stereocenters. The second kappa shape index (κ2) is 3.42. The van der Waals surface area contributed by atoms with Crippen molar-refractivity contribution < 1.29 is 18.3 Å². The van der Waals surface area contributed by atoms with E-state index in [-0.39, 0.29) is 17.5 Å². The monoisotopic (exact) mass is 201 g/mol. The van der Waals surface area contributed by atoms with Crippen molar-refractivity contribution in [2.75, 3.05) is 18.9 Å². The van der Waals surface area contributed by atoms with Gasteiger partial charge in [-0.1, -0.05) is 0 Å². The first-order valence-corrected chi connectivity index (χ1v) is 4.16. The third kappa shape index (κ3) is 1.63. The Balaban J connectivity index is 2.22. The number of benzene rings is 1. The molecule has 1 saturated heterocycles. The average Bonchev–Trinajstić information content (AvgIpc) is 1.98. The highest BCUT2D eigenvalue weighted by Gasteiger charge is 2.23. The molecule has 1 aliphatic heterocycles. The summed E-state index contributed by atoms with van der Waals surface area (Å²) in [6.07, 6.45) is -0.261. The molecule has 1 aromatic rings. The van der Waals surface area contributed by atoms with Crippen LogP contribution in [0.25, 0.3) is 0 Å². The van der Waals surface area contributed by atoms with Crippen LogP contribution in [-0.2, 0) is 4.74 Å². The van der Waals surface area contributed by atoms with Crippen molar-refractivity contribution in [3.8, 4) is 5.75 Å². The highest BCUT2D eigenvalue weighted by Crippen LogP contribution is 2.26. The quantitative estimate of drug-likeness (QED) is 0.734. The Morgan fingerprint density at radius 3 is 2.29 bits per heavy atom. The van der Waals surface area contributed by atoms with Gasteiger partial charge in [0, 0.05) is 17.8 Å². The molecule has 1 aromatic carbocycles. The fourth-order valence-electron chi connectivity index (χ4n) is 1.14. The molecule has 76 valence electrons. The van der Waals surface area contributed by atoms with Gasteiger partial charge < -0.3 is 15.2 Å². The first kappa shape index (κ1) is 9.21. The fourth-order valence-corrected chi connectivity index (χ4v) is 1.14. The van der Waals surface area contributed by atoms with Gasteiger partial charge in [0.15, 0.2) is 17.4 Å². The molecule has 2 N–H and O–H groups in total. The van der Waals surface area contributed by atoms with Crippen molar-refractivity contribution >= 4 is 5.69 Å². The van der Waals surface area contributed by atoms with Crippen molar-refractivity contribution in [2.45, 2.75) is 6.10 Å². The molecule has 3 nitrogen and oxygen atoms in total. The van der Waals surface area contributed by atoms with Gasteiger partial charge in [-0.3, -0.25) is 0 Å². The zero-order valence-electron chi connectivity index (χ0n) is 7.30. The van der Waals surface area contributed by atoms with Gasteiger partial charge >= 0.3 is 0 Å². The van der Waals surface area contributed by atoms with E-state index in [1.165, 1.54) is 0 Å². The summed E-state index contributed by atoms with van der Waals surface area (Å²) in [6.45, 7) is 0.729. The second-order valence-corrected chi connectivity index (χ2v) is 3.09. The topological polar surface area (TPSA) is 44.5 Å². The zero-order valence-corrected chi connectivity index (χ0v) is 7.30. The first-order chi connectivity index (χ1) is 6.66. The summed E-state index contributed by atoms with van der Waals surface area (Å²) in [5.74, 6) is -1.95. The average molecular weight is 201 g/mol. The van der Waals surface area contributed by atoms with Gasteiger partial charge in [-0.15, -0.1) is 0 Å². The van der Waals surface area contributed by atoms with Crippen molar-refractivity contribution in [2.24, 2.45) is 0 Å². The molecule has 0 aromatic heterocycles. The summed E-state index contributed by atoms with van der Waals surface area (Å²) in [5.41, 5.74) is 5.28. The van der Waals surface area contributed by atoms with Gasteiger partial charge in [0.05, 0.1) is 13.2 Å². The molecule has 1 aliphatic rings. The molecule has 0 bridgehead atoms. The van der Waals surface area contributed by atoms with Crippen LogP contribution in [0.3, 0.4) is 0 Å². The lowest BCUT2D eigenvalue weighted by Gasteiger charge is -2.27. The molecule has 0 aliphatic carbocycles. The van der Waals surface area contributed by atoms with Gasteiger partial charge in [-0.05, 0) is 0 Å². The summed E-state index contributed by atoms with van der Waals surface area (Å²) < 4.78 is 36.1. The van der Waals surface area contributed by atoms with Gasteiger partial charge in [0.1, 0.15) is 6.10 Å². The lowest BCUT2D eigenvalue weighted by atomic mass is 10.2. The summed E-state index contributed by atoms with van der Waals surface area (Å²) in [5, 5.41) is 0. The largest absolute Gasteiger partial charge is 0.479 e. The number of hydrogen-bond acceptors (Lipinski definition) is 3. The molecule has 0 unspecified atom stereocenters. The Kier molecular flexibility index (Phi) is 2.25. The van der Waals surface area contributed by atoms with E-state index >= 15 is 0 Å². The van der Waals surface area contributed by atoms with Gasteiger partial charge in [0.25, 0.3) is 0 Å². The third-order valence-corrected chi connectivity index (χ3v) is 1.91. The number of halogens is 2. The number of nitrogen functional groups attached to an aromatic ring is 1. The minimum atomic E-state index is -0.783. The molecule has 1 fully saturated rings. The van der Waals surface area contributed by atoms with E-state index < -0.39 is 11.6 Å². The van der Waals surface area contributed by atoms with E-state index in [0.29, 0.717) is 13.2 Å². The summed E-state index contributed by atoms with van der Waals surface area (Å²) >= 11 is 0. The molecular formula is C9H9F2NO2. The predicted molar refractivity (Wildman–Crippen MR) is 46.0 cm³/mol. The van der Waals surface area contributed by atoms with Gasteiger partial charge in [-0.25, -0.2) is 8.78 Å². The Labute approximate surface area is 79.4 Å². The molecule has 2 rings (SSSR count). The smallest absolute Gasteiger partial charge is 0.191 e. The van der Waals surface area contributed by atoms with Crippen molar-refractivity contribution in [1.29, 1.82) is 0 Å². The van der Waals surface area contributed by atoms with E-state index in [1.807, 2.05) is 0 Å². The molecule has 1 heterocycles. The fraction of sp³-hybridized carbons (Fsp3) is 0.333. The number of nitrogens with two attached hydrogens (primary N) is 1. The van der Waals surface area contributed by atoms with Crippen LogP contribution in [0.15, 0.2) is 12.1 Å². The van der Waals surface area contributed by atoms with Gasteiger partial charge in [-0.2, -0.15) is 0 Å². The van der Waals surface area contributed by atoms with Crippen LogP contribution in [0.5, 0.6) is 5.75 Å². The maximum atomic E-state index is 13.1. The molecular weight excluding hydrogens is 192 g/mol. The maximum absolute atomic E-state index is 13.1. The van der Waals surface area contributed by atoms with E-state index in [9.17, 15) is 8.78 Å². The standard InChI is InChI=1S/C9H9F2NO2/c10-7-1-5(12)2-8(11)9(7)14-6-3-13-4-6/h1-2,6H,3-4,12H2. The lowest BCUT2D eigenvalue weighted by molar-refractivity contribution is -0.0821. The van der Waals surface area contributed by atoms with Crippen LogP contribution in [0, 0.1) is 11.6 Å². The van der Waals surface area contributed by atoms with Crippen molar-refractivity contribution in [3.63, 3.8) is 0 Å². The molecule has 14 heavy (non-hydrogen) atoms. The van der Waals surface area contributed by atoms with Crippen LogP contribution in [0.4, 0.5) is 14.5 Å². The van der Waals surface area contributed by atoms with E-state index in [0.717, 1.165) is 12.1 Å². The summed E-state index contributed by atoms with van der Waals surface area (Å²) in [6, 6.07) is 2.05. The van der Waals surface area contributed by atoms with Crippen molar-refractivity contribution in [1.82, 2.24) is 0 Å². The highest BCUT2D eigenvalue weighted by molar-refractivity contribution is 5.44. The Morgan fingerprint density at radius 1 is 1.29 bits per heavy atom. The molecule has 5 heteroatoms. The van der Waals surface area contributed by atoms with Crippen LogP contribution in [0.2, 0.25) is 0 Å². The first-order valence-electron chi connectivity index (χ1n) is 4.16. The number of hydrogen-bond donors (Lipinski definition) is 1. The maximum Gasteiger partial charge on any atom is 0.191 e. The Hall–Kier alpha value is -1.36. The van der Waals surface area contributed by atoms with Crippen molar-refractivity contribution in [3.05, 3.63) is 23.8 Å². The minimum Gasteiger partial charge on any atom is -0.479 e. The molecule has 0 spiro atoms. The summed E-state index contributed by atoms with van der Waals surface area (Å²) in [7, 11) is 0. The van der Waals surface area contributed by atoms with Crippen LogP contribution in [0.1, 0.15) is 0 Å². The zero-order chi connectivity index (χ0) is 10.1. The lowest BCUT2D eigenvalue weighted by Crippen LogP contribution is -2.39. The van der Waals surface area contributed by atoms with E-state index in [4.69, 9.17) is 15.2 Å². The van der Waals surface area contributed by atoms with Crippen LogP contribution >= 0.6 is 0 Å². The number of anilines is 1. The number of rotatable bonds is 2. The molecule has 0 radical (unpaired) electrons. The van der Waals surface area contributed by atoms with Crippen LogP contribution in [-0.4, -0.2) is 19.3 Å². The predicted octanol–water partition coefficient (Wildman–Crippen LogP) is 1.32. The number of ether oxygens (including phenoxy) is 2. The third-order valence-electron chi connectivity index (χ3n) is 1.91. The molecule has 0 saturated carbocycles. The molecule has 0 amide bonds. The SMILES string of the molecule is Nc1cc(F)c(OC2COC2)c(F)c1. The summed E-state index contributed by atoms with van der Waals surface area (Å²) in [4.78, 5) is 0. The van der Waals surface area contributed by atoms with Gasteiger partial charge in [0.2, 0.25) is 0 Å².